The number of nitro benzene ring substituents is 1. The van der Waals surface area contributed by atoms with Crippen molar-refractivity contribution in [1.29, 1.82) is 0 Å². The highest BCUT2D eigenvalue weighted by atomic mass is 19.4. The van der Waals surface area contributed by atoms with Crippen molar-refractivity contribution in [3.8, 4) is 0 Å². The number of benzene rings is 2. The van der Waals surface area contributed by atoms with Crippen LogP contribution in [0.1, 0.15) is 30.0 Å². The number of anilines is 1. The Kier molecular flexibility index (Phi) is 6.66. The first kappa shape index (κ1) is 23.0. The van der Waals surface area contributed by atoms with Crippen LogP contribution in [0.15, 0.2) is 48.5 Å². The highest BCUT2D eigenvalue weighted by molar-refractivity contribution is 5.88. The lowest BCUT2D eigenvalue weighted by Crippen LogP contribution is -2.44. The molecule has 3 rings (SSSR count). The Morgan fingerprint density at radius 1 is 1.12 bits per heavy atom. The van der Waals surface area contributed by atoms with Gasteiger partial charge < -0.3 is 16.0 Å². The highest BCUT2D eigenvalue weighted by Gasteiger charge is 2.35. The van der Waals surface area contributed by atoms with E-state index in [1.165, 1.54) is 0 Å². The lowest BCUT2D eigenvalue weighted by atomic mass is 9.94. The minimum absolute atomic E-state index is 0.0705. The Balaban J connectivity index is 1.69. The number of piperidine rings is 1. The number of nitrogens with zero attached hydrogens (tertiary/aromatic N) is 2. The van der Waals surface area contributed by atoms with Gasteiger partial charge in [0.15, 0.2) is 0 Å². The summed E-state index contributed by atoms with van der Waals surface area (Å²) in [4.78, 5) is 36.6. The molecule has 32 heavy (non-hydrogen) atoms. The number of carbonyl (C=O) groups is 2. The van der Waals surface area contributed by atoms with Gasteiger partial charge in [-0.3, -0.25) is 19.7 Å². The number of carbonyl (C=O) groups excluding carboxylic acids is 2. The average Bonchev–Trinajstić information content (AvgIpc) is 2.76. The molecule has 0 saturated carbocycles. The second-order valence-electron chi connectivity index (χ2n) is 7.47. The van der Waals surface area contributed by atoms with Gasteiger partial charge in [-0.15, -0.1) is 0 Å². The molecule has 1 unspecified atom stereocenters. The molecule has 0 aliphatic carbocycles. The third-order valence-electron chi connectivity index (χ3n) is 5.41. The van der Waals surface area contributed by atoms with Gasteiger partial charge in [0.05, 0.1) is 10.5 Å². The fourth-order valence-electron chi connectivity index (χ4n) is 3.72. The molecule has 2 aromatic carbocycles. The van der Waals surface area contributed by atoms with Gasteiger partial charge in [-0.1, -0.05) is 30.3 Å². The summed E-state index contributed by atoms with van der Waals surface area (Å²) in [6.45, 7) is 0.466. The first-order chi connectivity index (χ1) is 15.1. The number of alkyl halides is 3. The van der Waals surface area contributed by atoms with Gasteiger partial charge in [-0.05, 0) is 30.5 Å². The van der Waals surface area contributed by atoms with Crippen molar-refractivity contribution in [2.24, 2.45) is 11.7 Å². The fraction of sp³-hybridized carbons (Fsp3) is 0.333. The number of nitrogens with two attached hydrogens (primary N) is 1. The number of primary amides is 1. The molecule has 0 bridgehead atoms. The predicted octanol–water partition coefficient (Wildman–Crippen LogP) is 3.17. The lowest BCUT2D eigenvalue weighted by Gasteiger charge is -2.33. The maximum atomic E-state index is 12.9. The Hall–Kier alpha value is -3.63. The van der Waals surface area contributed by atoms with Crippen molar-refractivity contribution < 1.29 is 27.7 Å². The first-order valence-corrected chi connectivity index (χ1v) is 9.83. The molecule has 11 heteroatoms. The number of nitrogens with one attached hydrogen (secondary N) is 1. The number of hydrogen-bond donors (Lipinski definition) is 2. The Bertz CT molecular complexity index is 1010. The van der Waals surface area contributed by atoms with Crippen LogP contribution >= 0.6 is 0 Å². The number of rotatable bonds is 6. The second-order valence-corrected chi connectivity index (χ2v) is 7.47. The van der Waals surface area contributed by atoms with Crippen molar-refractivity contribution in [2.75, 3.05) is 18.0 Å². The molecule has 1 atom stereocenters. The van der Waals surface area contributed by atoms with Crippen LogP contribution in [0.3, 0.4) is 0 Å². The molecule has 8 nitrogen and oxygen atoms in total. The number of halogens is 3. The van der Waals surface area contributed by atoms with Gasteiger partial charge in [-0.25, -0.2) is 0 Å². The molecule has 0 aromatic heterocycles. The Morgan fingerprint density at radius 3 is 2.28 bits per heavy atom. The van der Waals surface area contributed by atoms with Crippen LogP contribution in [-0.2, 0) is 15.8 Å². The lowest BCUT2D eigenvalue weighted by molar-refractivity contribution is -0.384. The summed E-state index contributed by atoms with van der Waals surface area (Å²) >= 11 is 0. The molecule has 1 saturated heterocycles. The normalized spacial score (nSPS) is 15.8. The molecular weight excluding hydrogens is 429 g/mol. The van der Waals surface area contributed by atoms with E-state index in [0.717, 1.165) is 12.1 Å². The molecule has 1 heterocycles. The van der Waals surface area contributed by atoms with Crippen molar-refractivity contribution in [3.05, 3.63) is 69.8 Å². The summed E-state index contributed by atoms with van der Waals surface area (Å²) in [7, 11) is 0. The van der Waals surface area contributed by atoms with E-state index in [2.05, 4.69) is 5.32 Å². The van der Waals surface area contributed by atoms with Gasteiger partial charge >= 0.3 is 6.18 Å². The maximum absolute atomic E-state index is 12.9. The van der Waals surface area contributed by atoms with E-state index in [1.54, 1.807) is 35.2 Å². The second kappa shape index (κ2) is 9.25. The Morgan fingerprint density at radius 2 is 1.75 bits per heavy atom. The van der Waals surface area contributed by atoms with Gasteiger partial charge in [0.25, 0.3) is 5.69 Å². The van der Waals surface area contributed by atoms with Crippen molar-refractivity contribution in [2.45, 2.75) is 25.1 Å². The number of hydrogen-bond acceptors (Lipinski definition) is 5. The van der Waals surface area contributed by atoms with Crippen molar-refractivity contribution >= 4 is 23.2 Å². The largest absolute Gasteiger partial charge is 0.416 e. The standard InChI is InChI=1S/C21H21F3N4O4/c22-21(23,24)15-6-7-16(17(12-15)28(31)32)27-10-8-14(9-11-27)20(30)26-18(19(25)29)13-4-2-1-3-5-13/h1-7,12,14,18H,8-11H2,(H2,25,29)(H,26,30). The summed E-state index contributed by atoms with van der Waals surface area (Å²) in [5, 5.41) is 14.0. The predicted molar refractivity (Wildman–Crippen MR) is 110 cm³/mol. The van der Waals surface area contributed by atoms with E-state index < -0.39 is 40.2 Å². The molecule has 2 aromatic rings. The van der Waals surface area contributed by atoms with Crippen LogP contribution in [0.25, 0.3) is 0 Å². The zero-order chi connectivity index (χ0) is 23.5. The summed E-state index contributed by atoms with van der Waals surface area (Å²) in [5.41, 5.74) is 4.31. The molecular formula is C21H21F3N4O4. The maximum Gasteiger partial charge on any atom is 0.416 e. The summed E-state index contributed by atoms with van der Waals surface area (Å²) in [6.07, 6.45) is -4.07. The first-order valence-electron chi connectivity index (χ1n) is 9.83. The monoisotopic (exact) mass is 450 g/mol. The third-order valence-corrected chi connectivity index (χ3v) is 5.41. The van der Waals surface area contributed by atoms with Crippen LogP contribution < -0.4 is 16.0 Å². The minimum atomic E-state index is -4.69. The zero-order valence-electron chi connectivity index (χ0n) is 16.8. The van der Waals surface area contributed by atoms with E-state index in [0.29, 0.717) is 24.5 Å². The van der Waals surface area contributed by atoms with E-state index in [-0.39, 0.29) is 24.7 Å². The molecule has 1 fully saturated rings. The zero-order valence-corrected chi connectivity index (χ0v) is 16.8. The van der Waals surface area contributed by atoms with Gasteiger partial charge in [0.2, 0.25) is 11.8 Å². The minimum Gasteiger partial charge on any atom is -0.368 e. The van der Waals surface area contributed by atoms with Crippen LogP contribution in [-0.4, -0.2) is 29.8 Å². The van der Waals surface area contributed by atoms with Crippen molar-refractivity contribution in [1.82, 2.24) is 5.32 Å². The number of amides is 2. The summed E-state index contributed by atoms with van der Waals surface area (Å²) in [6, 6.07) is 9.95. The molecule has 1 aliphatic rings. The van der Waals surface area contributed by atoms with E-state index in [1.807, 2.05) is 0 Å². The molecule has 0 radical (unpaired) electrons. The van der Waals surface area contributed by atoms with Crippen LogP contribution in [0.4, 0.5) is 24.5 Å². The Labute approximate surface area is 181 Å². The van der Waals surface area contributed by atoms with E-state index in [4.69, 9.17) is 5.73 Å². The van der Waals surface area contributed by atoms with Crippen molar-refractivity contribution in [3.63, 3.8) is 0 Å². The molecule has 3 N–H and O–H groups in total. The van der Waals surface area contributed by atoms with E-state index in [9.17, 15) is 32.9 Å². The highest BCUT2D eigenvalue weighted by Crippen LogP contribution is 2.37. The SMILES string of the molecule is NC(=O)C(NC(=O)C1CCN(c2ccc(C(F)(F)F)cc2[N+](=O)[O-])CC1)c1ccccc1. The van der Waals surface area contributed by atoms with Crippen LogP contribution in [0, 0.1) is 16.0 Å². The summed E-state index contributed by atoms with van der Waals surface area (Å²) < 4.78 is 38.7. The molecule has 0 spiro atoms. The smallest absolute Gasteiger partial charge is 0.368 e. The third kappa shape index (κ3) is 5.16. The van der Waals surface area contributed by atoms with Gasteiger partial charge in [0.1, 0.15) is 11.7 Å². The number of nitro groups is 1. The molecule has 1 aliphatic heterocycles. The quantitative estimate of drug-likeness (QED) is 0.518. The van der Waals surface area contributed by atoms with Gasteiger partial charge in [0, 0.05) is 25.1 Å². The van der Waals surface area contributed by atoms with Crippen LogP contribution in [0.2, 0.25) is 0 Å². The van der Waals surface area contributed by atoms with E-state index >= 15 is 0 Å². The van der Waals surface area contributed by atoms with Gasteiger partial charge in [-0.2, -0.15) is 13.2 Å². The molecule has 2 amide bonds. The topological polar surface area (TPSA) is 119 Å². The molecule has 170 valence electrons. The average molecular weight is 450 g/mol. The van der Waals surface area contributed by atoms with Crippen LogP contribution in [0.5, 0.6) is 0 Å². The summed E-state index contributed by atoms with van der Waals surface area (Å²) in [5.74, 6) is -1.55. The fourth-order valence-corrected chi connectivity index (χ4v) is 3.72.